The van der Waals surface area contributed by atoms with Crippen LogP contribution in [0.1, 0.15) is 26.7 Å². The van der Waals surface area contributed by atoms with Gasteiger partial charge in [0.15, 0.2) is 14.9 Å². The topological polar surface area (TPSA) is 96.5 Å². The smallest absolute Gasteiger partial charge is 0.232 e. The second-order valence-corrected chi connectivity index (χ2v) is 8.35. The predicted octanol–water partition coefficient (Wildman–Crippen LogP) is -0.269. The van der Waals surface area contributed by atoms with Crippen LogP contribution in [0.3, 0.4) is 0 Å². The van der Waals surface area contributed by atoms with Crippen molar-refractivity contribution in [1.29, 1.82) is 0 Å². The summed E-state index contributed by atoms with van der Waals surface area (Å²) in [5.74, 6) is -0.635. The Labute approximate surface area is 131 Å². The summed E-state index contributed by atoms with van der Waals surface area (Å²) in [6, 6.07) is 0. The zero-order valence-electron chi connectivity index (χ0n) is 12.6. The summed E-state index contributed by atoms with van der Waals surface area (Å²) in [5.41, 5.74) is 4.09. The van der Waals surface area contributed by atoms with Crippen LogP contribution in [0.2, 0.25) is 0 Å². The Hall–Kier alpha value is -0.770. The molecule has 1 amide bonds. The van der Waals surface area contributed by atoms with Crippen molar-refractivity contribution in [2.24, 2.45) is 5.41 Å². The van der Waals surface area contributed by atoms with Gasteiger partial charge in [-0.1, -0.05) is 13.8 Å². The molecule has 0 atom stereocenters. The fourth-order valence-electron chi connectivity index (χ4n) is 2.14. The number of thiocarbonyl (C=S) groups is 1. The van der Waals surface area contributed by atoms with Gasteiger partial charge in [0.25, 0.3) is 0 Å². The van der Waals surface area contributed by atoms with E-state index in [9.17, 15) is 13.2 Å². The second-order valence-electron chi connectivity index (χ2n) is 5.66. The molecule has 0 saturated carbocycles. The van der Waals surface area contributed by atoms with Gasteiger partial charge in [0, 0.05) is 20.3 Å². The number of carbonyl (C=O) groups is 1. The minimum Gasteiger partial charge on any atom is -0.381 e. The number of sulfone groups is 1. The van der Waals surface area contributed by atoms with Crippen LogP contribution in [-0.2, 0) is 19.4 Å². The van der Waals surface area contributed by atoms with Gasteiger partial charge in [-0.25, -0.2) is 13.8 Å². The molecule has 0 aromatic heterocycles. The summed E-state index contributed by atoms with van der Waals surface area (Å²) in [7, 11) is -1.74. The monoisotopic (exact) mass is 337 g/mol. The third-order valence-electron chi connectivity index (χ3n) is 3.32. The lowest BCUT2D eigenvalue weighted by atomic mass is 9.95. The Kier molecular flexibility index (Phi) is 6.51. The fraction of sp³-hybridized carbons (Fsp3) is 0.833. The van der Waals surface area contributed by atoms with Gasteiger partial charge in [-0.15, -0.1) is 0 Å². The van der Waals surface area contributed by atoms with Crippen molar-refractivity contribution in [3.8, 4) is 0 Å². The number of rotatable bonds is 5. The maximum atomic E-state index is 12.4. The first-order chi connectivity index (χ1) is 9.69. The maximum absolute atomic E-state index is 12.4. The van der Waals surface area contributed by atoms with Crippen LogP contribution in [0.25, 0.3) is 0 Å². The second kappa shape index (κ2) is 7.48. The molecule has 0 spiro atoms. The van der Waals surface area contributed by atoms with E-state index in [1.54, 1.807) is 20.9 Å². The molecule has 3 N–H and O–H groups in total. The van der Waals surface area contributed by atoms with Crippen LogP contribution in [-0.4, -0.2) is 50.7 Å². The largest absolute Gasteiger partial charge is 0.381 e. The Bertz CT molecular complexity index is 485. The molecule has 1 aliphatic heterocycles. The number of amides is 1. The van der Waals surface area contributed by atoms with Crippen molar-refractivity contribution in [2.75, 3.05) is 26.0 Å². The normalized spacial score (nSPS) is 17.3. The summed E-state index contributed by atoms with van der Waals surface area (Å²) in [6.45, 7) is 4.10. The Morgan fingerprint density at radius 3 is 2.43 bits per heavy atom. The Morgan fingerprint density at radius 1 is 1.33 bits per heavy atom. The number of hydrogen-bond acceptors (Lipinski definition) is 6. The fourth-order valence-corrected chi connectivity index (χ4v) is 4.62. The van der Waals surface area contributed by atoms with Gasteiger partial charge in [0.1, 0.15) is 0 Å². The molecule has 1 heterocycles. The minimum absolute atomic E-state index is 0.110. The van der Waals surface area contributed by atoms with E-state index in [1.807, 2.05) is 0 Å². The molecule has 7 nitrogen and oxygen atoms in total. The van der Waals surface area contributed by atoms with E-state index < -0.39 is 26.4 Å². The molecule has 1 rings (SSSR count). The van der Waals surface area contributed by atoms with E-state index in [-0.39, 0.29) is 10.9 Å². The molecule has 21 heavy (non-hydrogen) atoms. The molecule has 9 heteroatoms. The third-order valence-corrected chi connectivity index (χ3v) is 6.13. The molecule has 1 aliphatic rings. The van der Waals surface area contributed by atoms with E-state index >= 15 is 0 Å². The van der Waals surface area contributed by atoms with E-state index in [1.165, 1.54) is 0 Å². The summed E-state index contributed by atoms with van der Waals surface area (Å²) < 4.78 is 30.0. The molecule has 1 fully saturated rings. The molecule has 0 radical (unpaired) electrons. The first kappa shape index (κ1) is 18.3. The number of ether oxygens (including phenoxy) is 1. The standard InChI is InChI=1S/C12H23N3O4S2/c1-12(2,10(16)14-11(20)15-13-3)8-21(17,18)9-4-6-19-7-5-9/h9,13H,4-8H2,1-3H3,(H2,14,15,16,20). The average Bonchev–Trinajstić information content (AvgIpc) is 2.38. The van der Waals surface area contributed by atoms with Crippen LogP contribution in [0.15, 0.2) is 0 Å². The maximum Gasteiger partial charge on any atom is 0.232 e. The van der Waals surface area contributed by atoms with Crippen molar-refractivity contribution in [2.45, 2.75) is 31.9 Å². The van der Waals surface area contributed by atoms with Crippen molar-refractivity contribution < 1.29 is 17.9 Å². The van der Waals surface area contributed by atoms with Crippen LogP contribution < -0.4 is 16.2 Å². The van der Waals surface area contributed by atoms with Gasteiger partial charge >= 0.3 is 0 Å². The van der Waals surface area contributed by atoms with Crippen molar-refractivity contribution in [1.82, 2.24) is 16.2 Å². The molecular weight excluding hydrogens is 314 g/mol. The highest BCUT2D eigenvalue weighted by Crippen LogP contribution is 2.25. The minimum atomic E-state index is -3.35. The lowest BCUT2D eigenvalue weighted by molar-refractivity contribution is -0.126. The number of hydrogen-bond donors (Lipinski definition) is 3. The van der Waals surface area contributed by atoms with Crippen LogP contribution in [0, 0.1) is 5.41 Å². The highest BCUT2D eigenvalue weighted by Gasteiger charge is 2.38. The zero-order valence-corrected chi connectivity index (χ0v) is 14.2. The summed E-state index contributed by atoms with van der Waals surface area (Å²) in [5, 5.41) is 2.16. The number of carbonyl (C=O) groups excluding carboxylic acids is 1. The first-order valence-corrected chi connectivity index (χ1v) is 8.89. The molecular formula is C12H23N3O4S2. The Morgan fingerprint density at radius 2 is 1.90 bits per heavy atom. The summed E-state index contributed by atoms with van der Waals surface area (Å²) >= 11 is 4.89. The SMILES string of the molecule is CNNC(=S)NC(=O)C(C)(C)CS(=O)(=O)C1CCOCC1. The molecule has 0 bridgehead atoms. The van der Waals surface area contributed by atoms with Crippen molar-refractivity contribution >= 4 is 33.1 Å². The average molecular weight is 337 g/mol. The van der Waals surface area contributed by atoms with Gasteiger partial charge in [0.05, 0.1) is 16.4 Å². The first-order valence-electron chi connectivity index (χ1n) is 6.76. The Balaban J connectivity index is 2.69. The zero-order chi connectivity index (χ0) is 16.1. The lowest BCUT2D eigenvalue weighted by Gasteiger charge is -2.28. The van der Waals surface area contributed by atoms with Gasteiger partial charge in [-0.3, -0.25) is 10.2 Å². The molecule has 0 unspecified atom stereocenters. The predicted molar refractivity (Wildman–Crippen MR) is 84.3 cm³/mol. The number of nitrogens with one attached hydrogen (secondary N) is 3. The van der Waals surface area contributed by atoms with E-state index in [0.29, 0.717) is 26.1 Å². The van der Waals surface area contributed by atoms with E-state index in [4.69, 9.17) is 17.0 Å². The van der Waals surface area contributed by atoms with Crippen LogP contribution in [0.4, 0.5) is 0 Å². The van der Waals surface area contributed by atoms with Gasteiger partial charge in [0.2, 0.25) is 5.91 Å². The van der Waals surface area contributed by atoms with Gasteiger partial charge in [-0.2, -0.15) is 0 Å². The molecule has 0 aromatic rings. The van der Waals surface area contributed by atoms with Gasteiger partial charge < -0.3 is 10.1 Å². The van der Waals surface area contributed by atoms with Crippen molar-refractivity contribution in [3.05, 3.63) is 0 Å². The molecule has 122 valence electrons. The summed E-state index contributed by atoms with van der Waals surface area (Å²) in [6.07, 6.45) is 0.972. The molecule has 0 aliphatic carbocycles. The highest BCUT2D eigenvalue weighted by molar-refractivity contribution is 7.92. The van der Waals surface area contributed by atoms with Crippen LogP contribution >= 0.6 is 12.2 Å². The van der Waals surface area contributed by atoms with E-state index in [2.05, 4.69) is 16.2 Å². The molecule has 0 aromatic carbocycles. The van der Waals surface area contributed by atoms with E-state index in [0.717, 1.165) is 0 Å². The van der Waals surface area contributed by atoms with Crippen molar-refractivity contribution in [3.63, 3.8) is 0 Å². The lowest BCUT2D eigenvalue weighted by Crippen LogP contribution is -2.50. The highest BCUT2D eigenvalue weighted by atomic mass is 32.2. The third kappa shape index (κ3) is 5.50. The quantitative estimate of drug-likeness (QED) is 0.469. The van der Waals surface area contributed by atoms with Crippen LogP contribution in [0.5, 0.6) is 0 Å². The molecule has 1 saturated heterocycles. The number of hydrazine groups is 1. The summed E-state index contributed by atoms with van der Waals surface area (Å²) in [4.78, 5) is 12.2. The van der Waals surface area contributed by atoms with Gasteiger partial charge in [-0.05, 0) is 25.1 Å².